The van der Waals surface area contributed by atoms with Crippen LogP contribution in [-0.4, -0.2) is 24.0 Å². The van der Waals surface area contributed by atoms with E-state index in [4.69, 9.17) is 5.73 Å². The van der Waals surface area contributed by atoms with E-state index in [9.17, 15) is 0 Å². The van der Waals surface area contributed by atoms with E-state index in [0.717, 1.165) is 20.7 Å². The average Bonchev–Trinajstić information content (AvgIpc) is 2.74. The van der Waals surface area contributed by atoms with Crippen LogP contribution in [0.2, 0.25) is 0 Å². The molecule has 1 saturated heterocycles. The third kappa shape index (κ3) is 2.95. The SMILES string of the molecule is CC1CC(C)N(C(CN)c2cc(Br)c(Br)s2)C1. The van der Waals surface area contributed by atoms with Crippen LogP contribution in [0.3, 0.4) is 0 Å². The van der Waals surface area contributed by atoms with Crippen molar-refractivity contribution >= 4 is 43.2 Å². The molecule has 1 fully saturated rings. The lowest BCUT2D eigenvalue weighted by molar-refractivity contribution is 0.195. The number of nitrogens with zero attached hydrogens (tertiary/aromatic N) is 1. The average molecular weight is 382 g/mol. The van der Waals surface area contributed by atoms with Crippen LogP contribution in [0.1, 0.15) is 31.2 Å². The molecule has 0 bridgehead atoms. The molecule has 3 unspecified atom stereocenters. The molecule has 3 atom stereocenters. The fraction of sp³-hybridized carbons (Fsp3) is 0.667. The van der Waals surface area contributed by atoms with Crippen molar-refractivity contribution < 1.29 is 0 Å². The third-order valence-corrected chi connectivity index (χ3v) is 6.81. The minimum atomic E-state index is 0.363. The summed E-state index contributed by atoms with van der Waals surface area (Å²) in [6, 6.07) is 3.20. The first-order valence-corrected chi connectivity index (χ1v) is 8.33. The fourth-order valence-electron chi connectivity index (χ4n) is 2.71. The van der Waals surface area contributed by atoms with E-state index in [-0.39, 0.29) is 0 Å². The molecule has 1 aromatic rings. The van der Waals surface area contributed by atoms with E-state index >= 15 is 0 Å². The van der Waals surface area contributed by atoms with Crippen LogP contribution in [0.25, 0.3) is 0 Å². The standard InChI is InChI=1S/C12H18Br2N2S/c1-7-3-8(2)16(6-7)10(5-15)11-4-9(13)12(14)17-11/h4,7-8,10H,3,5-6,15H2,1-2H3. The van der Waals surface area contributed by atoms with Gasteiger partial charge in [-0.15, -0.1) is 11.3 Å². The number of hydrogen-bond donors (Lipinski definition) is 1. The van der Waals surface area contributed by atoms with Crippen molar-refractivity contribution in [1.29, 1.82) is 0 Å². The minimum absolute atomic E-state index is 0.363. The van der Waals surface area contributed by atoms with Gasteiger partial charge >= 0.3 is 0 Å². The van der Waals surface area contributed by atoms with Gasteiger partial charge in [-0.1, -0.05) is 6.92 Å². The molecule has 1 aliphatic heterocycles. The monoisotopic (exact) mass is 380 g/mol. The summed E-state index contributed by atoms with van der Waals surface area (Å²) in [5, 5.41) is 0. The molecule has 0 amide bonds. The van der Waals surface area contributed by atoms with Gasteiger partial charge in [-0.2, -0.15) is 0 Å². The Balaban J connectivity index is 2.21. The van der Waals surface area contributed by atoms with Gasteiger partial charge in [0.1, 0.15) is 0 Å². The zero-order valence-electron chi connectivity index (χ0n) is 10.1. The smallest absolute Gasteiger partial charge is 0.0843 e. The van der Waals surface area contributed by atoms with E-state index in [1.807, 2.05) is 0 Å². The van der Waals surface area contributed by atoms with Gasteiger partial charge in [-0.3, -0.25) is 4.90 Å². The lowest BCUT2D eigenvalue weighted by Crippen LogP contribution is -2.35. The van der Waals surface area contributed by atoms with Crippen molar-refractivity contribution in [3.05, 3.63) is 19.2 Å². The van der Waals surface area contributed by atoms with Crippen LogP contribution in [0.4, 0.5) is 0 Å². The molecule has 1 aromatic heterocycles. The maximum Gasteiger partial charge on any atom is 0.0843 e. The summed E-state index contributed by atoms with van der Waals surface area (Å²) in [6.45, 7) is 6.49. The van der Waals surface area contributed by atoms with Crippen LogP contribution in [0.5, 0.6) is 0 Å². The van der Waals surface area contributed by atoms with E-state index in [0.29, 0.717) is 18.6 Å². The van der Waals surface area contributed by atoms with Gasteiger partial charge in [0.2, 0.25) is 0 Å². The number of rotatable bonds is 3. The molecule has 2 heterocycles. The number of hydrogen-bond acceptors (Lipinski definition) is 3. The van der Waals surface area contributed by atoms with E-state index in [1.54, 1.807) is 11.3 Å². The lowest BCUT2D eigenvalue weighted by atomic mass is 10.1. The molecule has 0 saturated carbocycles. The van der Waals surface area contributed by atoms with Crippen LogP contribution < -0.4 is 5.73 Å². The molecule has 17 heavy (non-hydrogen) atoms. The molecule has 5 heteroatoms. The van der Waals surface area contributed by atoms with Crippen LogP contribution >= 0.6 is 43.2 Å². The normalized spacial score (nSPS) is 27.6. The molecule has 0 aliphatic carbocycles. The largest absolute Gasteiger partial charge is 0.329 e. The number of nitrogens with two attached hydrogens (primary N) is 1. The molecular weight excluding hydrogens is 364 g/mol. The second-order valence-corrected chi connectivity index (χ2v) is 8.16. The van der Waals surface area contributed by atoms with Crippen molar-refractivity contribution in [2.75, 3.05) is 13.1 Å². The maximum absolute atomic E-state index is 5.99. The molecule has 0 radical (unpaired) electrons. The molecule has 0 spiro atoms. The Kier molecular flexibility index (Phi) is 4.69. The van der Waals surface area contributed by atoms with E-state index in [1.165, 1.54) is 11.3 Å². The van der Waals surface area contributed by atoms with E-state index < -0.39 is 0 Å². The molecule has 1 aliphatic rings. The highest BCUT2D eigenvalue weighted by atomic mass is 79.9. The number of halogens is 2. The predicted octanol–water partition coefficient (Wildman–Crippen LogP) is 4.00. The van der Waals surface area contributed by atoms with Crippen molar-refractivity contribution in [2.24, 2.45) is 11.7 Å². The summed E-state index contributed by atoms with van der Waals surface area (Å²) in [5.41, 5.74) is 5.99. The Hall–Kier alpha value is 0.580. The first-order valence-electron chi connectivity index (χ1n) is 5.93. The van der Waals surface area contributed by atoms with Gasteiger partial charge in [0.25, 0.3) is 0 Å². The number of thiophene rings is 1. The topological polar surface area (TPSA) is 29.3 Å². The van der Waals surface area contributed by atoms with Gasteiger partial charge in [0.15, 0.2) is 0 Å². The highest BCUT2D eigenvalue weighted by Gasteiger charge is 2.32. The molecule has 2 nitrogen and oxygen atoms in total. The maximum atomic E-state index is 5.99. The van der Waals surface area contributed by atoms with Crippen molar-refractivity contribution in [3.8, 4) is 0 Å². The first-order chi connectivity index (χ1) is 8.02. The van der Waals surface area contributed by atoms with Gasteiger partial charge < -0.3 is 5.73 Å². The highest BCUT2D eigenvalue weighted by Crippen LogP contribution is 2.39. The fourth-order valence-corrected chi connectivity index (χ4v) is 4.93. The summed E-state index contributed by atoms with van der Waals surface area (Å²) >= 11 is 8.90. The Morgan fingerprint density at radius 2 is 2.24 bits per heavy atom. The van der Waals surface area contributed by atoms with Crippen LogP contribution in [-0.2, 0) is 0 Å². The molecule has 2 rings (SSSR count). The molecule has 2 N–H and O–H groups in total. The molecule has 96 valence electrons. The Labute approximate surface area is 124 Å². The number of likely N-dealkylation sites (tertiary alicyclic amines) is 1. The Bertz CT molecular complexity index is 374. The first kappa shape index (κ1) is 14.0. The quantitative estimate of drug-likeness (QED) is 0.857. The van der Waals surface area contributed by atoms with E-state index in [2.05, 4.69) is 56.7 Å². The predicted molar refractivity (Wildman–Crippen MR) is 81.5 cm³/mol. The van der Waals surface area contributed by atoms with Crippen molar-refractivity contribution in [3.63, 3.8) is 0 Å². The second-order valence-electron chi connectivity index (χ2n) is 4.91. The van der Waals surface area contributed by atoms with Crippen LogP contribution in [0, 0.1) is 5.92 Å². The lowest BCUT2D eigenvalue weighted by Gasteiger charge is -2.29. The third-order valence-electron chi connectivity index (χ3n) is 3.45. The summed E-state index contributed by atoms with van der Waals surface area (Å²) < 4.78 is 2.29. The zero-order valence-corrected chi connectivity index (χ0v) is 14.1. The minimum Gasteiger partial charge on any atom is -0.329 e. The summed E-state index contributed by atoms with van der Waals surface area (Å²) in [5.74, 6) is 0.783. The van der Waals surface area contributed by atoms with Crippen molar-refractivity contribution in [1.82, 2.24) is 4.90 Å². The Morgan fingerprint density at radius 1 is 1.53 bits per heavy atom. The Morgan fingerprint density at radius 3 is 2.65 bits per heavy atom. The van der Waals surface area contributed by atoms with Gasteiger partial charge in [-0.25, -0.2) is 0 Å². The van der Waals surface area contributed by atoms with Crippen molar-refractivity contribution in [2.45, 2.75) is 32.4 Å². The summed E-state index contributed by atoms with van der Waals surface area (Å²) in [7, 11) is 0. The second kappa shape index (κ2) is 5.70. The van der Waals surface area contributed by atoms with Gasteiger partial charge in [0, 0.05) is 28.5 Å². The zero-order chi connectivity index (χ0) is 12.6. The molecule has 0 aromatic carbocycles. The van der Waals surface area contributed by atoms with Gasteiger partial charge in [0.05, 0.1) is 9.83 Å². The summed E-state index contributed by atoms with van der Waals surface area (Å²) in [4.78, 5) is 3.90. The van der Waals surface area contributed by atoms with Gasteiger partial charge in [-0.05, 0) is 57.2 Å². The van der Waals surface area contributed by atoms with Crippen LogP contribution in [0.15, 0.2) is 14.3 Å². The molecular formula is C12H18Br2N2S. The summed E-state index contributed by atoms with van der Waals surface area (Å²) in [6.07, 6.45) is 1.28. The highest BCUT2D eigenvalue weighted by molar-refractivity contribution is 9.13.